The molecule has 0 fully saturated rings. The zero-order valence-electron chi connectivity index (χ0n) is 12.9. The Morgan fingerprint density at radius 2 is 1.92 bits per heavy atom. The number of hydrogen-bond acceptors (Lipinski definition) is 3. The Bertz CT molecular complexity index is 764. The fraction of sp³-hybridized carbons (Fsp3) is 0.176. The number of anilines is 2. The van der Waals surface area contributed by atoms with E-state index >= 15 is 0 Å². The Labute approximate surface area is 148 Å². The molecule has 0 saturated heterocycles. The number of halogens is 2. The van der Waals surface area contributed by atoms with Gasteiger partial charge in [0.15, 0.2) is 5.17 Å². The van der Waals surface area contributed by atoms with Gasteiger partial charge in [-0.15, -0.1) is 0 Å². The average molecular weight is 364 g/mol. The first-order chi connectivity index (χ1) is 11.5. The van der Waals surface area contributed by atoms with Gasteiger partial charge in [0.05, 0.1) is 12.2 Å². The summed E-state index contributed by atoms with van der Waals surface area (Å²) in [5.41, 5.74) is 1.18. The number of amides is 2. The fourth-order valence-corrected chi connectivity index (χ4v) is 3.28. The average Bonchev–Trinajstić information content (AvgIpc) is 2.98. The first kappa shape index (κ1) is 16.8. The van der Waals surface area contributed by atoms with E-state index in [4.69, 9.17) is 11.6 Å². The molecule has 0 radical (unpaired) electrons. The van der Waals surface area contributed by atoms with E-state index in [0.29, 0.717) is 33.4 Å². The van der Waals surface area contributed by atoms with E-state index in [0.717, 1.165) is 0 Å². The van der Waals surface area contributed by atoms with Crippen molar-refractivity contribution < 1.29 is 9.18 Å². The van der Waals surface area contributed by atoms with Crippen molar-refractivity contribution in [2.75, 3.05) is 16.8 Å². The second-order valence-electron chi connectivity index (χ2n) is 5.30. The molecule has 24 heavy (non-hydrogen) atoms. The largest absolute Gasteiger partial charge is 0.332 e. The van der Waals surface area contributed by atoms with Crippen LogP contribution in [0.5, 0.6) is 0 Å². The number of nitrogens with zero attached hydrogens (tertiary/aromatic N) is 2. The molecule has 0 spiro atoms. The van der Waals surface area contributed by atoms with E-state index in [2.05, 4.69) is 10.3 Å². The number of carbonyl (C=O) groups excluding carboxylic acids is 1. The molecule has 2 amide bonds. The van der Waals surface area contributed by atoms with Crippen LogP contribution in [0.15, 0.2) is 53.5 Å². The lowest BCUT2D eigenvalue weighted by atomic mass is 10.3. The smallest absolute Gasteiger partial charge is 0.307 e. The van der Waals surface area contributed by atoms with Crippen molar-refractivity contribution >= 4 is 45.9 Å². The third-order valence-corrected chi connectivity index (χ3v) is 4.69. The number of benzene rings is 2. The van der Waals surface area contributed by atoms with E-state index in [1.165, 1.54) is 28.8 Å². The molecule has 2 aromatic rings. The molecule has 1 N–H and O–H groups in total. The Hall–Kier alpha value is -2.05. The van der Waals surface area contributed by atoms with Crippen LogP contribution < -0.4 is 10.2 Å². The van der Waals surface area contributed by atoms with Crippen molar-refractivity contribution in [3.8, 4) is 0 Å². The molecule has 1 heterocycles. The summed E-state index contributed by atoms with van der Waals surface area (Å²) >= 11 is 7.37. The standard InChI is InChI=1S/C17H15ClFN3OS/c1-11-10-20-17(24-11)22(15-8-4-13(19)5-9-15)16(23)21-14-6-2-12(18)3-7-14/h2-9,11H,10H2,1H3,(H,21,23)/t11-/m1/s1. The van der Waals surface area contributed by atoms with Crippen LogP contribution in [-0.2, 0) is 0 Å². The summed E-state index contributed by atoms with van der Waals surface area (Å²) in [5, 5.41) is 4.30. The Kier molecular flexibility index (Phi) is 5.06. The van der Waals surface area contributed by atoms with Gasteiger partial charge in [0.25, 0.3) is 0 Å². The maximum Gasteiger partial charge on any atom is 0.332 e. The summed E-state index contributed by atoms with van der Waals surface area (Å²) in [7, 11) is 0. The predicted molar refractivity (Wildman–Crippen MR) is 98.7 cm³/mol. The third-order valence-electron chi connectivity index (χ3n) is 3.36. The van der Waals surface area contributed by atoms with Crippen molar-refractivity contribution in [3.05, 3.63) is 59.4 Å². The van der Waals surface area contributed by atoms with Crippen LogP contribution in [0.2, 0.25) is 5.02 Å². The summed E-state index contributed by atoms with van der Waals surface area (Å²) < 4.78 is 13.2. The van der Waals surface area contributed by atoms with Crippen LogP contribution in [-0.4, -0.2) is 23.0 Å². The van der Waals surface area contributed by atoms with E-state index in [-0.39, 0.29) is 11.8 Å². The number of hydrogen-bond donors (Lipinski definition) is 1. The van der Waals surface area contributed by atoms with Gasteiger partial charge in [-0.1, -0.05) is 30.3 Å². The highest BCUT2D eigenvalue weighted by Crippen LogP contribution is 2.28. The number of urea groups is 1. The van der Waals surface area contributed by atoms with Gasteiger partial charge in [-0.2, -0.15) is 0 Å². The normalized spacial score (nSPS) is 16.6. The number of rotatable bonds is 2. The lowest BCUT2D eigenvalue weighted by Crippen LogP contribution is -2.38. The SMILES string of the molecule is C[C@@H]1CN=C(N(C(=O)Nc2ccc(Cl)cc2)c2ccc(F)cc2)S1. The van der Waals surface area contributed by atoms with E-state index in [1.807, 2.05) is 6.92 Å². The van der Waals surface area contributed by atoms with Gasteiger partial charge in [-0.05, 0) is 48.5 Å². The van der Waals surface area contributed by atoms with Crippen molar-refractivity contribution in [2.45, 2.75) is 12.2 Å². The molecule has 0 unspecified atom stereocenters. The van der Waals surface area contributed by atoms with Gasteiger partial charge >= 0.3 is 6.03 Å². The quantitative estimate of drug-likeness (QED) is 0.815. The minimum atomic E-state index is -0.357. The maximum absolute atomic E-state index is 13.2. The van der Waals surface area contributed by atoms with Crippen molar-refractivity contribution in [3.63, 3.8) is 0 Å². The summed E-state index contributed by atoms with van der Waals surface area (Å²) in [6.45, 7) is 2.69. The molecule has 124 valence electrons. The highest BCUT2D eigenvalue weighted by molar-refractivity contribution is 8.15. The van der Waals surface area contributed by atoms with E-state index in [1.54, 1.807) is 36.4 Å². The van der Waals surface area contributed by atoms with E-state index in [9.17, 15) is 9.18 Å². The van der Waals surface area contributed by atoms with Gasteiger partial charge in [-0.25, -0.2) is 14.1 Å². The number of thioether (sulfide) groups is 1. The maximum atomic E-state index is 13.2. The molecule has 1 aliphatic heterocycles. The molecule has 0 aromatic heterocycles. The topological polar surface area (TPSA) is 44.7 Å². The van der Waals surface area contributed by atoms with Crippen LogP contribution in [0.4, 0.5) is 20.6 Å². The highest BCUT2D eigenvalue weighted by atomic mass is 35.5. The van der Waals surface area contributed by atoms with Crippen molar-refractivity contribution in [1.29, 1.82) is 0 Å². The number of aliphatic imine (C=N–C) groups is 1. The lowest BCUT2D eigenvalue weighted by molar-refractivity contribution is 0.259. The minimum Gasteiger partial charge on any atom is -0.307 e. The van der Waals surface area contributed by atoms with Crippen LogP contribution >= 0.6 is 23.4 Å². The summed E-state index contributed by atoms with van der Waals surface area (Å²) in [6, 6.07) is 12.2. The lowest BCUT2D eigenvalue weighted by Gasteiger charge is -2.22. The van der Waals surface area contributed by atoms with Crippen molar-refractivity contribution in [2.24, 2.45) is 4.99 Å². The predicted octanol–water partition coefficient (Wildman–Crippen LogP) is 5.01. The summed E-state index contributed by atoms with van der Waals surface area (Å²) in [4.78, 5) is 18.7. The molecule has 3 rings (SSSR count). The zero-order chi connectivity index (χ0) is 17.1. The molecule has 1 aliphatic rings. The number of carbonyl (C=O) groups is 1. The van der Waals surface area contributed by atoms with Crippen molar-refractivity contribution in [1.82, 2.24) is 0 Å². The molecule has 7 heteroatoms. The summed E-state index contributed by atoms with van der Waals surface area (Å²) in [5.74, 6) is -0.355. The fourth-order valence-electron chi connectivity index (χ4n) is 2.20. The molecule has 2 aromatic carbocycles. The second kappa shape index (κ2) is 7.23. The second-order valence-corrected chi connectivity index (χ2v) is 7.14. The van der Waals surface area contributed by atoms with Crippen LogP contribution in [0.3, 0.4) is 0 Å². The Morgan fingerprint density at radius 3 is 2.50 bits per heavy atom. The van der Waals surface area contributed by atoms with Gasteiger partial charge < -0.3 is 5.32 Å². The van der Waals surface area contributed by atoms with Gasteiger partial charge in [0.1, 0.15) is 5.82 Å². The number of amidine groups is 1. The molecule has 4 nitrogen and oxygen atoms in total. The molecule has 0 aliphatic carbocycles. The third kappa shape index (κ3) is 3.88. The Balaban J connectivity index is 1.87. The number of nitrogens with one attached hydrogen (secondary N) is 1. The van der Waals surface area contributed by atoms with Gasteiger partial charge in [0, 0.05) is 16.0 Å². The zero-order valence-corrected chi connectivity index (χ0v) is 14.4. The van der Waals surface area contributed by atoms with Gasteiger partial charge in [-0.3, -0.25) is 4.99 Å². The molecule has 1 atom stereocenters. The van der Waals surface area contributed by atoms with Crippen LogP contribution in [0, 0.1) is 5.82 Å². The first-order valence-electron chi connectivity index (χ1n) is 7.36. The Morgan fingerprint density at radius 1 is 1.25 bits per heavy atom. The monoisotopic (exact) mass is 363 g/mol. The molecule has 0 bridgehead atoms. The van der Waals surface area contributed by atoms with Crippen LogP contribution in [0.1, 0.15) is 6.92 Å². The van der Waals surface area contributed by atoms with Gasteiger partial charge in [0.2, 0.25) is 0 Å². The summed E-state index contributed by atoms with van der Waals surface area (Å²) in [6.07, 6.45) is 0. The van der Waals surface area contributed by atoms with E-state index < -0.39 is 0 Å². The molecular weight excluding hydrogens is 349 g/mol. The minimum absolute atomic E-state index is 0.297. The molecular formula is C17H15ClFN3OS. The first-order valence-corrected chi connectivity index (χ1v) is 8.62. The highest BCUT2D eigenvalue weighted by Gasteiger charge is 2.27. The molecule has 0 saturated carbocycles. The van der Waals surface area contributed by atoms with Crippen LogP contribution in [0.25, 0.3) is 0 Å².